The van der Waals surface area contributed by atoms with Crippen molar-refractivity contribution in [2.45, 2.75) is 17.3 Å². The molecule has 0 unspecified atom stereocenters. The van der Waals surface area contributed by atoms with Gasteiger partial charge in [-0.1, -0.05) is 53.5 Å². The van der Waals surface area contributed by atoms with E-state index in [1.165, 1.54) is 0 Å². The smallest absolute Gasteiger partial charge is 0.326 e. The van der Waals surface area contributed by atoms with Crippen LogP contribution in [0, 0.1) is 0 Å². The lowest BCUT2D eigenvalue weighted by molar-refractivity contribution is -0.141. The summed E-state index contributed by atoms with van der Waals surface area (Å²) in [6.45, 7) is 0. The molecule has 0 spiro atoms. The summed E-state index contributed by atoms with van der Waals surface area (Å²) in [6, 6.07) is 7.93. The number of amides is 1. The van der Waals surface area contributed by atoms with Gasteiger partial charge in [0, 0.05) is 6.42 Å². The van der Waals surface area contributed by atoms with Crippen molar-refractivity contribution in [2.24, 2.45) is 0 Å². The third-order valence-corrected chi connectivity index (χ3v) is 2.49. The van der Waals surface area contributed by atoms with Crippen LogP contribution in [-0.4, -0.2) is 27.9 Å². The van der Waals surface area contributed by atoms with Gasteiger partial charge < -0.3 is 10.4 Å². The first-order valence-electron chi connectivity index (χ1n) is 4.86. The SMILES string of the molecule is O=C(N[C@H](Cc1ccccc1)C(=O)O)C(Cl)Cl. The van der Waals surface area contributed by atoms with E-state index < -0.39 is 22.8 Å². The number of benzene rings is 1. The molecular formula is C11H11Cl2NO3. The van der Waals surface area contributed by atoms with Crippen molar-refractivity contribution < 1.29 is 14.7 Å². The maximum absolute atomic E-state index is 11.2. The maximum Gasteiger partial charge on any atom is 0.326 e. The molecule has 0 aliphatic rings. The molecule has 0 aliphatic carbocycles. The van der Waals surface area contributed by atoms with Crippen molar-refractivity contribution in [3.63, 3.8) is 0 Å². The molecule has 0 fully saturated rings. The minimum atomic E-state index is -1.27. The minimum Gasteiger partial charge on any atom is -0.480 e. The van der Waals surface area contributed by atoms with Gasteiger partial charge >= 0.3 is 5.97 Å². The van der Waals surface area contributed by atoms with E-state index in [0.29, 0.717) is 0 Å². The Morgan fingerprint density at radius 2 is 1.82 bits per heavy atom. The zero-order chi connectivity index (χ0) is 12.8. The van der Waals surface area contributed by atoms with Crippen molar-refractivity contribution in [3.8, 4) is 0 Å². The molecule has 0 heterocycles. The van der Waals surface area contributed by atoms with E-state index in [1.807, 2.05) is 6.07 Å². The lowest BCUT2D eigenvalue weighted by Gasteiger charge is -2.14. The summed E-state index contributed by atoms with van der Waals surface area (Å²) < 4.78 is 0. The Morgan fingerprint density at radius 1 is 1.24 bits per heavy atom. The van der Waals surface area contributed by atoms with Crippen LogP contribution in [0.1, 0.15) is 5.56 Å². The summed E-state index contributed by atoms with van der Waals surface area (Å²) in [4.78, 5) is 20.9. The first kappa shape index (κ1) is 13.8. The largest absolute Gasteiger partial charge is 0.480 e. The summed E-state index contributed by atoms with van der Waals surface area (Å²) in [5, 5.41) is 11.2. The summed E-state index contributed by atoms with van der Waals surface area (Å²) in [5.41, 5.74) is 0.806. The molecule has 2 N–H and O–H groups in total. The van der Waals surface area contributed by atoms with Crippen LogP contribution in [-0.2, 0) is 16.0 Å². The number of rotatable bonds is 5. The van der Waals surface area contributed by atoms with E-state index in [1.54, 1.807) is 24.3 Å². The van der Waals surface area contributed by atoms with Gasteiger partial charge in [-0.3, -0.25) is 4.79 Å². The van der Waals surface area contributed by atoms with Crippen molar-refractivity contribution in [2.75, 3.05) is 0 Å². The monoisotopic (exact) mass is 275 g/mol. The van der Waals surface area contributed by atoms with Crippen molar-refractivity contribution in [3.05, 3.63) is 35.9 Å². The van der Waals surface area contributed by atoms with Gasteiger partial charge in [0.15, 0.2) is 4.84 Å². The number of carbonyl (C=O) groups excluding carboxylic acids is 1. The second-order valence-electron chi connectivity index (χ2n) is 3.39. The lowest BCUT2D eigenvalue weighted by Crippen LogP contribution is -2.44. The molecule has 4 nitrogen and oxygen atoms in total. The molecule has 1 amide bonds. The molecule has 6 heteroatoms. The predicted molar refractivity (Wildman–Crippen MR) is 65.2 cm³/mol. The normalized spacial score (nSPS) is 12.2. The van der Waals surface area contributed by atoms with Gasteiger partial charge in [0.1, 0.15) is 6.04 Å². The average Bonchev–Trinajstić information content (AvgIpc) is 2.29. The second-order valence-corrected chi connectivity index (χ2v) is 4.49. The Labute approximate surface area is 109 Å². The molecule has 17 heavy (non-hydrogen) atoms. The molecule has 0 radical (unpaired) electrons. The third-order valence-electron chi connectivity index (χ3n) is 2.10. The highest BCUT2D eigenvalue weighted by molar-refractivity contribution is 6.53. The lowest BCUT2D eigenvalue weighted by atomic mass is 10.1. The number of alkyl halides is 2. The van der Waals surface area contributed by atoms with Crippen LogP contribution < -0.4 is 5.32 Å². The zero-order valence-electron chi connectivity index (χ0n) is 8.77. The predicted octanol–water partition coefficient (Wildman–Crippen LogP) is 1.60. The first-order chi connectivity index (χ1) is 8.00. The molecule has 0 aromatic heterocycles. The number of halogens is 2. The standard InChI is InChI=1S/C11H11Cl2NO3/c12-9(13)10(15)14-8(11(16)17)6-7-4-2-1-3-5-7/h1-5,8-9H,6H2,(H,14,15)(H,16,17)/t8-/m1/s1. The number of carboxylic acid groups (broad SMARTS) is 1. The van der Waals surface area contributed by atoms with Gasteiger partial charge in [-0.2, -0.15) is 0 Å². The number of hydrogen-bond acceptors (Lipinski definition) is 2. The molecule has 0 saturated heterocycles. The Balaban J connectivity index is 2.68. The minimum absolute atomic E-state index is 0.183. The molecule has 0 aliphatic heterocycles. The fourth-order valence-electron chi connectivity index (χ4n) is 1.28. The topological polar surface area (TPSA) is 66.4 Å². The fourth-order valence-corrected chi connectivity index (χ4v) is 1.41. The summed E-state index contributed by atoms with van der Waals surface area (Å²) in [7, 11) is 0. The highest BCUT2D eigenvalue weighted by atomic mass is 35.5. The average molecular weight is 276 g/mol. The van der Waals surface area contributed by atoms with Crippen LogP contribution in [0.5, 0.6) is 0 Å². The maximum atomic E-state index is 11.2. The van der Waals surface area contributed by atoms with E-state index in [9.17, 15) is 9.59 Å². The van der Waals surface area contributed by atoms with Crippen molar-refractivity contribution in [1.82, 2.24) is 5.32 Å². The highest BCUT2D eigenvalue weighted by Gasteiger charge is 2.22. The summed E-state index contributed by atoms with van der Waals surface area (Å²) in [6.07, 6.45) is 0.183. The number of nitrogens with one attached hydrogen (secondary N) is 1. The second kappa shape index (κ2) is 6.47. The van der Waals surface area contributed by atoms with Gasteiger partial charge in [0.05, 0.1) is 0 Å². The molecule has 1 aromatic rings. The van der Waals surface area contributed by atoms with E-state index in [2.05, 4.69) is 5.32 Å². The summed E-state index contributed by atoms with van der Waals surface area (Å²) in [5.74, 6) is -1.84. The van der Waals surface area contributed by atoms with Gasteiger partial charge in [-0.25, -0.2) is 4.79 Å². The van der Waals surface area contributed by atoms with Crippen LogP contribution in [0.3, 0.4) is 0 Å². The first-order valence-corrected chi connectivity index (χ1v) is 5.73. The van der Waals surface area contributed by atoms with Gasteiger partial charge in [-0.05, 0) is 5.56 Å². The molecule has 1 atom stereocenters. The fraction of sp³-hybridized carbons (Fsp3) is 0.273. The molecular weight excluding hydrogens is 265 g/mol. The Morgan fingerprint density at radius 3 is 2.29 bits per heavy atom. The Kier molecular flexibility index (Phi) is 5.25. The van der Waals surface area contributed by atoms with Gasteiger partial charge in [0.2, 0.25) is 0 Å². The molecule has 0 saturated carbocycles. The zero-order valence-corrected chi connectivity index (χ0v) is 10.3. The number of aliphatic carboxylic acids is 1. The molecule has 92 valence electrons. The quantitative estimate of drug-likeness (QED) is 0.803. The van der Waals surface area contributed by atoms with Gasteiger partial charge in [-0.15, -0.1) is 0 Å². The van der Waals surface area contributed by atoms with Crippen LogP contribution in [0.25, 0.3) is 0 Å². The van der Waals surface area contributed by atoms with Crippen LogP contribution >= 0.6 is 23.2 Å². The third kappa shape index (κ3) is 4.63. The Hall–Kier alpha value is -1.26. The van der Waals surface area contributed by atoms with Crippen LogP contribution in [0.4, 0.5) is 0 Å². The number of carboxylic acids is 1. The van der Waals surface area contributed by atoms with Crippen LogP contribution in [0.15, 0.2) is 30.3 Å². The molecule has 1 rings (SSSR count). The Bertz CT molecular complexity index is 395. The number of hydrogen-bond donors (Lipinski definition) is 2. The molecule has 0 bridgehead atoms. The highest BCUT2D eigenvalue weighted by Crippen LogP contribution is 2.06. The van der Waals surface area contributed by atoms with Crippen molar-refractivity contribution in [1.29, 1.82) is 0 Å². The van der Waals surface area contributed by atoms with Crippen molar-refractivity contribution >= 4 is 35.1 Å². The molecule has 1 aromatic carbocycles. The van der Waals surface area contributed by atoms with Crippen LogP contribution in [0.2, 0.25) is 0 Å². The number of carbonyl (C=O) groups is 2. The summed E-state index contributed by atoms with van der Waals surface area (Å²) >= 11 is 10.7. The van der Waals surface area contributed by atoms with Gasteiger partial charge in [0.25, 0.3) is 5.91 Å². The van der Waals surface area contributed by atoms with E-state index in [-0.39, 0.29) is 6.42 Å². The van der Waals surface area contributed by atoms with E-state index >= 15 is 0 Å². The van der Waals surface area contributed by atoms with E-state index in [4.69, 9.17) is 28.3 Å². The van der Waals surface area contributed by atoms with E-state index in [0.717, 1.165) is 5.56 Å².